The van der Waals surface area contributed by atoms with E-state index in [9.17, 15) is 14.3 Å². The van der Waals surface area contributed by atoms with Crippen LogP contribution in [0.25, 0.3) is 0 Å². The number of furan rings is 1. The topological polar surface area (TPSA) is 65.7 Å². The Bertz CT molecular complexity index is 706. The van der Waals surface area contributed by atoms with Gasteiger partial charge in [0.1, 0.15) is 11.6 Å². The van der Waals surface area contributed by atoms with Crippen LogP contribution in [0, 0.1) is 12.7 Å². The van der Waals surface area contributed by atoms with Crippen LogP contribution in [-0.2, 0) is 0 Å². The van der Waals surface area contributed by atoms with E-state index in [1.54, 1.807) is 25.1 Å². The third kappa shape index (κ3) is 4.46. The quantitative estimate of drug-likeness (QED) is 0.874. The molecule has 2 aromatic rings. The molecule has 0 saturated carbocycles. The van der Waals surface area contributed by atoms with Gasteiger partial charge in [-0.1, -0.05) is 12.1 Å². The average molecular weight is 346 g/mol. The number of benzene rings is 1. The van der Waals surface area contributed by atoms with Crippen molar-refractivity contribution < 1.29 is 18.7 Å². The Kier molecular flexibility index (Phi) is 5.50. The molecule has 1 fully saturated rings. The van der Waals surface area contributed by atoms with E-state index in [4.69, 9.17) is 4.42 Å². The summed E-state index contributed by atoms with van der Waals surface area (Å²) in [5.74, 6) is 0.216. The van der Waals surface area contributed by atoms with Crippen LogP contribution >= 0.6 is 0 Å². The minimum Gasteiger partial charge on any atom is -0.469 e. The Hall–Kier alpha value is -2.18. The number of amides is 1. The van der Waals surface area contributed by atoms with Crippen molar-refractivity contribution >= 4 is 5.91 Å². The number of halogens is 1. The van der Waals surface area contributed by atoms with E-state index in [2.05, 4.69) is 10.2 Å². The van der Waals surface area contributed by atoms with Crippen LogP contribution in [0.3, 0.4) is 0 Å². The van der Waals surface area contributed by atoms with Gasteiger partial charge in [-0.3, -0.25) is 4.79 Å². The third-order valence-corrected chi connectivity index (χ3v) is 4.71. The van der Waals surface area contributed by atoms with Crippen LogP contribution in [-0.4, -0.2) is 41.6 Å². The number of carbonyl (C=O) groups is 1. The molecule has 1 unspecified atom stereocenters. The number of aryl methyl sites for hydroxylation is 1. The summed E-state index contributed by atoms with van der Waals surface area (Å²) in [6, 6.07) is 7.75. The van der Waals surface area contributed by atoms with Crippen LogP contribution in [0.5, 0.6) is 0 Å². The molecule has 0 spiro atoms. The summed E-state index contributed by atoms with van der Waals surface area (Å²) in [4.78, 5) is 14.4. The minimum atomic E-state index is -0.639. The maximum absolute atomic E-state index is 13.0. The second-order valence-electron chi connectivity index (χ2n) is 6.51. The average Bonchev–Trinajstić information content (AvgIpc) is 3.03. The molecule has 2 heterocycles. The fourth-order valence-corrected chi connectivity index (χ4v) is 3.18. The molecule has 1 aromatic heterocycles. The maximum Gasteiger partial charge on any atom is 0.255 e. The van der Waals surface area contributed by atoms with E-state index in [1.807, 2.05) is 0 Å². The molecule has 0 radical (unpaired) electrons. The van der Waals surface area contributed by atoms with Crippen molar-refractivity contribution in [2.45, 2.75) is 31.9 Å². The number of aliphatic hydroxyl groups is 1. The first-order valence-electron chi connectivity index (χ1n) is 8.54. The second-order valence-corrected chi connectivity index (χ2v) is 6.51. The fraction of sp³-hybridized carbons (Fsp3) is 0.421. The number of piperidine rings is 1. The normalized spacial score (nSPS) is 17.4. The van der Waals surface area contributed by atoms with Gasteiger partial charge in [0.2, 0.25) is 0 Å². The number of carbonyl (C=O) groups excluding carboxylic acids is 1. The Labute approximate surface area is 146 Å². The van der Waals surface area contributed by atoms with Crippen LogP contribution in [0.2, 0.25) is 0 Å². The maximum atomic E-state index is 13.0. The van der Waals surface area contributed by atoms with Gasteiger partial charge in [0.05, 0.1) is 17.9 Å². The Balaban J connectivity index is 1.46. The largest absolute Gasteiger partial charge is 0.469 e. The second kappa shape index (κ2) is 7.80. The number of hydrogen-bond donors (Lipinski definition) is 2. The summed E-state index contributed by atoms with van der Waals surface area (Å²) in [6.07, 6.45) is 2.54. The molecule has 2 N–H and O–H groups in total. The van der Waals surface area contributed by atoms with Gasteiger partial charge in [-0.05, 0) is 43.5 Å². The molecule has 0 aliphatic carbocycles. The lowest BCUT2D eigenvalue weighted by Crippen LogP contribution is -2.45. The van der Waals surface area contributed by atoms with Crippen molar-refractivity contribution in [2.24, 2.45) is 0 Å². The highest BCUT2D eigenvalue weighted by molar-refractivity contribution is 5.95. The van der Waals surface area contributed by atoms with Crippen molar-refractivity contribution in [3.8, 4) is 0 Å². The van der Waals surface area contributed by atoms with Crippen molar-refractivity contribution in [1.82, 2.24) is 10.2 Å². The van der Waals surface area contributed by atoms with E-state index >= 15 is 0 Å². The lowest BCUT2D eigenvalue weighted by molar-refractivity contribution is 0.0827. The summed E-state index contributed by atoms with van der Waals surface area (Å²) >= 11 is 0. The van der Waals surface area contributed by atoms with Gasteiger partial charge in [0.25, 0.3) is 5.91 Å². The molecule has 0 bridgehead atoms. The standard InChI is InChI=1S/C19H23FN2O3/c1-13-17(8-11-25-13)19(24)21-16-6-9-22(10-7-16)12-18(23)14-2-4-15(20)5-3-14/h2-5,8,11,16,18,23H,6-7,9-10,12H2,1H3,(H,21,24). The fourth-order valence-electron chi connectivity index (χ4n) is 3.18. The molecular weight excluding hydrogens is 323 g/mol. The summed E-state index contributed by atoms with van der Waals surface area (Å²) in [5.41, 5.74) is 1.29. The Morgan fingerprint density at radius 2 is 2.00 bits per heavy atom. The highest BCUT2D eigenvalue weighted by atomic mass is 19.1. The Morgan fingerprint density at radius 3 is 2.60 bits per heavy atom. The first-order chi connectivity index (χ1) is 12.0. The van der Waals surface area contributed by atoms with Crippen LogP contribution in [0.4, 0.5) is 4.39 Å². The molecule has 1 atom stereocenters. The van der Waals surface area contributed by atoms with Gasteiger partial charge in [-0.15, -0.1) is 0 Å². The van der Waals surface area contributed by atoms with E-state index in [0.29, 0.717) is 23.4 Å². The number of nitrogens with zero attached hydrogens (tertiary/aromatic N) is 1. The van der Waals surface area contributed by atoms with Crippen molar-refractivity contribution in [2.75, 3.05) is 19.6 Å². The van der Waals surface area contributed by atoms with Crippen molar-refractivity contribution in [3.05, 3.63) is 59.3 Å². The van der Waals surface area contributed by atoms with Crippen molar-refractivity contribution in [3.63, 3.8) is 0 Å². The SMILES string of the molecule is Cc1occc1C(=O)NC1CCN(CC(O)c2ccc(F)cc2)CC1. The molecule has 25 heavy (non-hydrogen) atoms. The van der Waals surface area contributed by atoms with Gasteiger partial charge in [-0.25, -0.2) is 4.39 Å². The zero-order valence-electron chi connectivity index (χ0n) is 14.2. The Morgan fingerprint density at radius 1 is 1.32 bits per heavy atom. The predicted molar refractivity (Wildman–Crippen MR) is 91.7 cm³/mol. The molecule has 3 rings (SSSR count). The minimum absolute atomic E-state index is 0.101. The van der Waals surface area contributed by atoms with Crippen LogP contribution in [0.15, 0.2) is 41.0 Å². The molecule has 1 amide bonds. The molecule has 134 valence electrons. The monoisotopic (exact) mass is 346 g/mol. The van der Waals surface area contributed by atoms with E-state index < -0.39 is 6.10 Å². The lowest BCUT2D eigenvalue weighted by atomic mass is 10.0. The van der Waals surface area contributed by atoms with Crippen LogP contribution in [0.1, 0.15) is 40.6 Å². The predicted octanol–water partition coefficient (Wildman–Crippen LogP) is 2.65. The van der Waals surface area contributed by atoms with E-state index in [0.717, 1.165) is 25.9 Å². The van der Waals surface area contributed by atoms with Gasteiger partial charge in [0.15, 0.2) is 0 Å². The number of β-amino-alcohol motifs (C(OH)–C–C–N with tert-alkyl or cyclic N) is 1. The molecule has 1 aliphatic rings. The van der Waals surface area contributed by atoms with E-state index in [-0.39, 0.29) is 17.8 Å². The molecular formula is C19H23FN2O3. The lowest BCUT2D eigenvalue weighted by Gasteiger charge is -2.33. The smallest absolute Gasteiger partial charge is 0.255 e. The number of rotatable bonds is 5. The number of hydrogen-bond acceptors (Lipinski definition) is 4. The molecule has 5 nitrogen and oxygen atoms in total. The van der Waals surface area contributed by atoms with Gasteiger partial charge in [-0.2, -0.15) is 0 Å². The first-order valence-corrected chi connectivity index (χ1v) is 8.54. The first kappa shape index (κ1) is 17.6. The van der Waals surface area contributed by atoms with Crippen LogP contribution < -0.4 is 5.32 Å². The number of likely N-dealkylation sites (tertiary alicyclic amines) is 1. The summed E-state index contributed by atoms with van der Waals surface area (Å²) in [6.45, 7) is 3.88. The highest BCUT2D eigenvalue weighted by Gasteiger charge is 2.23. The third-order valence-electron chi connectivity index (χ3n) is 4.71. The molecule has 1 aromatic carbocycles. The van der Waals surface area contributed by atoms with Gasteiger partial charge in [0, 0.05) is 25.7 Å². The molecule has 6 heteroatoms. The molecule has 1 saturated heterocycles. The van der Waals surface area contributed by atoms with Crippen molar-refractivity contribution in [1.29, 1.82) is 0 Å². The zero-order chi connectivity index (χ0) is 17.8. The summed E-state index contributed by atoms with van der Waals surface area (Å²) in [7, 11) is 0. The zero-order valence-corrected chi connectivity index (χ0v) is 14.2. The number of aliphatic hydroxyl groups excluding tert-OH is 1. The van der Waals surface area contributed by atoms with E-state index in [1.165, 1.54) is 18.4 Å². The summed E-state index contributed by atoms with van der Waals surface area (Å²) in [5, 5.41) is 13.3. The summed E-state index contributed by atoms with van der Waals surface area (Å²) < 4.78 is 18.1. The molecule has 1 aliphatic heterocycles. The number of nitrogens with one attached hydrogen (secondary N) is 1. The van der Waals surface area contributed by atoms with Gasteiger partial charge < -0.3 is 19.7 Å². The van der Waals surface area contributed by atoms with Gasteiger partial charge >= 0.3 is 0 Å². The highest BCUT2D eigenvalue weighted by Crippen LogP contribution is 2.19.